The van der Waals surface area contributed by atoms with Gasteiger partial charge in [0.05, 0.1) is 39.8 Å². The number of anilines is 1. The maximum atomic E-state index is 11.6. The van der Waals surface area contributed by atoms with E-state index in [-0.39, 0.29) is 25.9 Å². The Morgan fingerprint density at radius 2 is 1.79 bits per heavy atom. The molecule has 10 nitrogen and oxygen atoms in total. The molecule has 2 unspecified atom stereocenters. The lowest BCUT2D eigenvalue weighted by Gasteiger charge is -2.21. The molecule has 2 N–H and O–H groups in total. The van der Waals surface area contributed by atoms with Gasteiger partial charge in [0.2, 0.25) is 5.52 Å². The van der Waals surface area contributed by atoms with Crippen LogP contribution in [0.1, 0.15) is 37.3 Å². The van der Waals surface area contributed by atoms with E-state index >= 15 is 0 Å². The number of hydrogen-bond acceptors (Lipinski definition) is 8. The van der Waals surface area contributed by atoms with E-state index in [0.29, 0.717) is 11.3 Å². The van der Waals surface area contributed by atoms with Crippen molar-refractivity contribution in [2.45, 2.75) is 48.6 Å². The number of aryl methyl sites for hydroxylation is 1. The third-order valence-corrected chi connectivity index (χ3v) is 11.2. The number of thioether (sulfide) groups is 1. The first kappa shape index (κ1) is 29.0. The zero-order valence-electron chi connectivity index (χ0n) is 21.0. The van der Waals surface area contributed by atoms with Crippen LogP contribution < -0.4 is 9.47 Å². The first-order chi connectivity index (χ1) is 18.3. The van der Waals surface area contributed by atoms with E-state index in [0.717, 1.165) is 30.8 Å². The normalized spacial score (nSPS) is 16.2. The van der Waals surface area contributed by atoms with E-state index < -0.39 is 30.7 Å². The number of thiazole rings is 1. The summed E-state index contributed by atoms with van der Waals surface area (Å²) in [5.41, 5.74) is 2.38. The maximum absolute atomic E-state index is 11.6. The Balaban J connectivity index is 1.80. The number of fused-ring (bicyclic) bond motifs is 2. The van der Waals surface area contributed by atoms with E-state index in [1.54, 1.807) is 24.3 Å². The second kappa shape index (κ2) is 11.3. The summed E-state index contributed by atoms with van der Waals surface area (Å²) in [5.74, 6) is 0. The van der Waals surface area contributed by atoms with E-state index in [2.05, 4.69) is 10.9 Å². The van der Waals surface area contributed by atoms with Gasteiger partial charge in [0, 0.05) is 29.6 Å². The molecule has 2 atom stereocenters. The van der Waals surface area contributed by atoms with Crippen molar-refractivity contribution >= 4 is 71.0 Å². The van der Waals surface area contributed by atoms with Gasteiger partial charge in [-0.15, -0.1) is 0 Å². The van der Waals surface area contributed by atoms with Crippen LogP contribution in [-0.4, -0.2) is 43.0 Å². The monoisotopic (exact) mass is 605 g/mol. The third-order valence-electron chi connectivity index (χ3n) is 6.48. The van der Waals surface area contributed by atoms with Gasteiger partial charge in [0.15, 0.2) is 12.2 Å². The average molecular weight is 606 g/mol. The molecule has 0 spiro atoms. The van der Waals surface area contributed by atoms with Gasteiger partial charge in [-0.25, -0.2) is 4.85 Å². The van der Waals surface area contributed by atoms with Crippen LogP contribution >= 0.6 is 23.1 Å². The van der Waals surface area contributed by atoms with Gasteiger partial charge in [-0.1, -0.05) is 35.2 Å². The highest BCUT2D eigenvalue weighted by atomic mass is 32.2. The largest absolute Gasteiger partial charge is 0.336 e. The van der Waals surface area contributed by atoms with Crippen LogP contribution in [0.25, 0.3) is 21.1 Å². The summed E-state index contributed by atoms with van der Waals surface area (Å²) in [4.78, 5) is 6.30. The molecule has 0 bridgehead atoms. The molecule has 0 saturated carbocycles. The zero-order valence-corrected chi connectivity index (χ0v) is 24.2. The summed E-state index contributed by atoms with van der Waals surface area (Å²) in [5, 5.41) is 8.96. The fraction of sp³-hybridized carbons (Fsp3) is 0.320. The van der Waals surface area contributed by atoms with Gasteiger partial charge < -0.3 is 4.90 Å². The highest BCUT2D eigenvalue weighted by Gasteiger charge is 2.30. The molecule has 0 radical (unpaired) electrons. The van der Waals surface area contributed by atoms with Crippen LogP contribution in [0.4, 0.5) is 11.4 Å². The molecule has 1 aromatic heterocycles. The molecule has 1 aliphatic rings. The Morgan fingerprint density at radius 1 is 1.10 bits per heavy atom. The predicted molar refractivity (Wildman–Crippen MR) is 152 cm³/mol. The van der Waals surface area contributed by atoms with Crippen LogP contribution in [0.15, 0.2) is 46.3 Å². The van der Waals surface area contributed by atoms with E-state index in [4.69, 9.17) is 6.57 Å². The van der Waals surface area contributed by atoms with Crippen molar-refractivity contribution in [3.05, 3.63) is 63.4 Å². The topological polar surface area (TPSA) is 144 Å². The Labute approximate surface area is 235 Å². The van der Waals surface area contributed by atoms with Crippen molar-refractivity contribution in [1.82, 2.24) is 0 Å². The number of benzene rings is 2. The van der Waals surface area contributed by atoms with Crippen molar-refractivity contribution in [2.24, 2.45) is 0 Å². The molecule has 1 aliphatic heterocycles. The van der Waals surface area contributed by atoms with Gasteiger partial charge in [-0.05, 0) is 38.5 Å². The molecule has 3 aromatic rings. The van der Waals surface area contributed by atoms with Gasteiger partial charge in [0.25, 0.3) is 25.2 Å². The summed E-state index contributed by atoms with van der Waals surface area (Å²) in [6.07, 6.45) is 2.19. The smallest absolute Gasteiger partial charge is 0.267 e. The minimum absolute atomic E-state index is 0.139. The van der Waals surface area contributed by atoms with E-state index in [1.807, 2.05) is 27.7 Å². The Morgan fingerprint density at radius 3 is 2.44 bits per heavy atom. The lowest BCUT2D eigenvalue weighted by Crippen LogP contribution is -2.38. The van der Waals surface area contributed by atoms with Gasteiger partial charge >= 0.3 is 0 Å². The second-order valence-electron chi connectivity index (χ2n) is 9.11. The van der Waals surface area contributed by atoms with Crippen molar-refractivity contribution < 1.29 is 30.5 Å². The number of rotatable bonds is 9. The van der Waals surface area contributed by atoms with Gasteiger partial charge in [-0.3, -0.25) is 9.11 Å². The molecule has 14 heteroatoms. The standard InChI is InChI=1S/C25H24N4O6S4/c1-16(38(30,31)32)8-10-28-20-12-18(15-26)4-6-22(20)36-24(28)14-25-29(11-9-17(2)39(33,34)35)21-13-19(27-3)5-7-23(21)37-25/h4-7,12-14,16-17H,8-11H2,1-2H3,(H-,30,31,32,33,34,35)/p+1. The highest BCUT2D eigenvalue weighted by molar-refractivity contribution is 8.04. The van der Waals surface area contributed by atoms with Gasteiger partial charge in [0.1, 0.15) is 4.70 Å². The summed E-state index contributed by atoms with van der Waals surface area (Å²) >= 11 is 2.90. The molecule has 39 heavy (non-hydrogen) atoms. The average Bonchev–Trinajstić information content (AvgIpc) is 3.40. The van der Waals surface area contributed by atoms with Crippen molar-refractivity contribution in [1.29, 1.82) is 5.26 Å². The third kappa shape index (κ3) is 6.44. The quantitative estimate of drug-likeness (QED) is 0.199. The molecule has 0 saturated heterocycles. The van der Waals surface area contributed by atoms with Crippen LogP contribution in [0.2, 0.25) is 0 Å². The maximum Gasteiger partial charge on any atom is 0.267 e. The van der Waals surface area contributed by atoms with Gasteiger partial charge in [-0.2, -0.15) is 26.7 Å². The number of nitrogens with zero attached hydrogens (tertiary/aromatic N) is 4. The number of hydrogen-bond donors (Lipinski definition) is 2. The first-order valence-corrected chi connectivity index (χ1v) is 16.4. The highest BCUT2D eigenvalue weighted by Crippen LogP contribution is 2.48. The van der Waals surface area contributed by atoms with Crippen LogP contribution in [0, 0.1) is 17.9 Å². The summed E-state index contributed by atoms with van der Waals surface area (Å²) in [6, 6.07) is 12.7. The molecule has 4 rings (SSSR count). The van der Waals surface area contributed by atoms with E-state index in [9.17, 15) is 31.2 Å². The van der Waals surface area contributed by atoms with Crippen LogP contribution in [0.5, 0.6) is 0 Å². The first-order valence-electron chi connectivity index (χ1n) is 11.8. The molecule has 0 aliphatic carbocycles. The molecule has 2 heterocycles. The van der Waals surface area contributed by atoms with Crippen molar-refractivity contribution in [3.8, 4) is 6.07 Å². The minimum Gasteiger partial charge on any atom is -0.336 e. The van der Waals surface area contributed by atoms with Crippen LogP contribution in [0.3, 0.4) is 0 Å². The number of aromatic nitrogens is 1. The summed E-state index contributed by atoms with van der Waals surface area (Å²) in [7, 11) is -8.44. The minimum atomic E-state index is -4.22. The molecule has 204 valence electrons. The lowest BCUT2D eigenvalue weighted by atomic mass is 10.2. The summed E-state index contributed by atoms with van der Waals surface area (Å²) in [6.45, 7) is 10.8. The summed E-state index contributed by atoms with van der Waals surface area (Å²) < 4.78 is 68.3. The Kier molecular flexibility index (Phi) is 8.37. The molecular formula is C25H25N4O6S4+. The Bertz CT molecular complexity index is 1770. The van der Waals surface area contributed by atoms with Crippen LogP contribution in [-0.2, 0) is 26.8 Å². The predicted octanol–water partition coefficient (Wildman–Crippen LogP) is 4.85. The molecule has 2 aromatic carbocycles. The fourth-order valence-corrected chi connectivity index (χ4v) is 7.12. The van der Waals surface area contributed by atoms with Crippen molar-refractivity contribution in [2.75, 3.05) is 11.4 Å². The second-order valence-corrected chi connectivity index (χ2v) is 14.9. The molecule has 0 fully saturated rings. The van der Waals surface area contributed by atoms with E-state index in [1.165, 1.54) is 36.9 Å². The fourth-order valence-electron chi connectivity index (χ4n) is 4.03. The SMILES string of the molecule is [C-]#[N+]c1ccc2c(c1)N(CCC(C)S(=O)(=O)O)C(=Cc1sc3ccc(C#N)cc3[n+]1CCC(C)S(=O)(=O)O)S2. The Hall–Kier alpha value is -2.98. The molecule has 0 amide bonds. The van der Waals surface area contributed by atoms with Crippen molar-refractivity contribution in [3.63, 3.8) is 0 Å². The lowest BCUT2D eigenvalue weighted by molar-refractivity contribution is -0.669. The zero-order chi connectivity index (χ0) is 28.5. The number of nitriles is 1. The molecular weight excluding hydrogens is 581 g/mol.